The van der Waals surface area contributed by atoms with E-state index in [1.807, 2.05) is 24.3 Å². The molecule has 0 aliphatic carbocycles. The quantitative estimate of drug-likeness (QED) is 0.855. The van der Waals surface area contributed by atoms with Gasteiger partial charge in [0.05, 0.1) is 11.6 Å². The molecule has 108 valence electrons. The van der Waals surface area contributed by atoms with Crippen molar-refractivity contribution in [3.05, 3.63) is 41.0 Å². The molecule has 1 aliphatic heterocycles. The average Bonchev–Trinajstić information content (AvgIpc) is 2.52. The zero-order chi connectivity index (χ0) is 14.8. The summed E-state index contributed by atoms with van der Waals surface area (Å²) >= 11 is 6.24. The smallest absolute Gasteiger partial charge is 0.126 e. The molecular formula is C16H17ClN4. The summed E-state index contributed by atoms with van der Waals surface area (Å²) in [6.45, 7) is 3.76. The van der Waals surface area contributed by atoms with Crippen molar-refractivity contribution in [3.8, 4) is 6.07 Å². The molecule has 2 aromatic rings. The molecule has 2 heterocycles. The topological polar surface area (TPSA) is 43.2 Å². The van der Waals surface area contributed by atoms with Crippen LogP contribution in [0, 0.1) is 11.3 Å². The van der Waals surface area contributed by atoms with E-state index in [0.717, 1.165) is 42.6 Å². The SMILES string of the molecule is CN1CCN(C(C#N)c2ccc(Cl)c3cccnc23)CC1. The fraction of sp³-hybridized carbons (Fsp3) is 0.375. The zero-order valence-corrected chi connectivity index (χ0v) is 12.7. The number of nitriles is 1. The highest BCUT2D eigenvalue weighted by Crippen LogP contribution is 2.31. The van der Waals surface area contributed by atoms with Gasteiger partial charge in [0.25, 0.3) is 0 Å². The summed E-state index contributed by atoms with van der Waals surface area (Å²) in [5.41, 5.74) is 1.78. The van der Waals surface area contributed by atoms with Crippen LogP contribution < -0.4 is 0 Å². The Morgan fingerprint density at radius 2 is 2.00 bits per heavy atom. The van der Waals surface area contributed by atoms with Gasteiger partial charge in [-0.3, -0.25) is 9.88 Å². The molecule has 1 unspecified atom stereocenters. The highest BCUT2D eigenvalue weighted by molar-refractivity contribution is 6.35. The number of hydrogen-bond donors (Lipinski definition) is 0. The lowest BCUT2D eigenvalue weighted by atomic mass is 10.0. The Morgan fingerprint density at radius 3 is 2.71 bits per heavy atom. The lowest BCUT2D eigenvalue weighted by Crippen LogP contribution is -2.45. The van der Waals surface area contributed by atoms with Gasteiger partial charge in [-0.2, -0.15) is 5.26 Å². The van der Waals surface area contributed by atoms with Crippen LogP contribution in [0.15, 0.2) is 30.5 Å². The molecule has 21 heavy (non-hydrogen) atoms. The van der Waals surface area contributed by atoms with Gasteiger partial charge < -0.3 is 4.90 Å². The predicted octanol–water partition coefficient (Wildman–Crippen LogP) is 2.70. The number of piperazine rings is 1. The standard InChI is InChI=1S/C16H17ClN4/c1-20-7-9-21(10-8-20)15(11-18)13-4-5-14(17)12-3-2-6-19-16(12)13/h2-6,15H,7-10H2,1H3. The van der Waals surface area contributed by atoms with Crippen LogP contribution >= 0.6 is 11.6 Å². The number of hydrogen-bond acceptors (Lipinski definition) is 4. The molecular weight excluding hydrogens is 284 g/mol. The van der Waals surface area contributed by atoms with E-state index in [9.17, 15) is 5.26 Å². The van der Waals surface area contributed by atoms with Crippen LogP contribution in [0.1, 0.15) is 11.6 Å². The van der Waals surface area contributed by atoms with Crippen molar-refractivity contribution in [2.24, 2.45) is 0 Å². The first-order chi connectivity index (χ1) is 10.2. The van der Waals surface area contributed by atoms with Gasteiger partial charge in [-0.1, -0.05) is 17.7 Å². The van der Waals surface area contributed by atoms with Crippen LogP contribution in [0.5, 0.6) is 0 Å². The first-order valence-corrected chi connectivity index (χ1v) is 7.44. The Kier molecular flexibility index (Phi) is 4.07. The molecule has 1 aromatic carbocycles. The normalized spacial score (nSPS) is 18.5. The highest BCUT2D eigenvalue weighted by Gasteiger charge is 2.25. The third-order valence-electron chi connectivity index (χ3n) is 4.07. The number of rotatable bonds is 2. The van der Waals surface area contributed by atoms with E-state index in [2.05, 4.69) is 27.9 Å². The van der Waals surface area contributed by atoms with E-state index >= 15 is 0 Å². The number of halogens is 1. The summed E-state index contributed by atoms with van der Waals surface area (Å²) in [6, 6.07) is 9.79. The van der Waals surface area contributed by atoms with Crippen molar-refractivity contribution in [3.63, 3.8) is 0 Å². The second-order valence-electron chi connectivity index (χ2n) is 5.41. The fourth-order valence-electron chi connectivity index (χ4n) is 2.81. The Morgan fingerprint density at radius 1 is 1.24 bits per heavy atom. The monoisotopic (exact) mass is 300 g/mol. The van der Waals surface area contributed by atoms with Gasteiger partial charge in [0, 0.05) is 48.3 Å². The molecule has 1 atom stereocenters. The van der Waals surface area contributed by atoms with Gasteiger partial charge in [0.1, 0.15) is 6.04 Å². The van der Waals surface area contributed by atoms with E-state index in [4.69, 9.17) is 11.6 Å². The number of benzene rings is 1. The van der Waals surface area contributed by atoms with E-state index in [-0.39, 0.29) is 6.04 Å². The number of likely N-dealkylation sites (N-methyl/N-ethyl adjacent to an activating group) is 1. The van der Waals surface area contributed by atoms with Crippen LogP contribution in [0.25, 0.3) is 10.9 Å². The second kappa shape index (κ2) is 5.98. The number of pyridine rings is 1. The number of fused-ring (bicyclic) bond motifs is 1. The summed E-state index contributed by atoms with van der Waals surface area (Å²) in [6.07, 6.45) is 1.75. The molecule has 0 amide bonds. The van der Waals surface area contributed by atoms with Crippen LogP contribution in [-0.4, -0.2) is 48.0 Å². The maximum Gasteiger partial charge on any atom is 0.126 e. The minimum atomic E-state index is -0.270. The van der Waals surface area contributed by atoms with E-state index in [1.54, 1.807) is 6.20 Å². The third kappa shape index (κ3) is 2.73. The lowest BCUT2D eigenvalue weighted by Gasteiger charge is -2.35. The van der Waals surface area contributed by atoms with Crippen molar-refractivity contribution in [2.75, 3.05) is 33.2 Å². The first-order valence-electron chi connectivity index (χ1n) is 7.06. The third-order valence-corrected chi connectivity index (χ3v) is 4.40. The van der Waals surface area contributed by atoms with Gasteiger partial charge in [-0.05, 0) is 25.2 Å². The molecule has 1 aliphatic rings. The Hall–Kier alpha value is -1.67. The van der Waals surface area contributed by atoms with E-state index in [0.29, 0.717) is 5.02 Å². The molecule has 1 fully saturated rings. The predicted molar refractivity (Wildman–Crippen MR) is 84.2 cm³/mol. The zero-order valence-electron chi connectivity index (χ0n) is 12.0. The van der Waals surface area contributed by atoms with Crippen LogP contribution in [0.4, 0.5) is 0 Å². The molecule has 0 N–H and O–H groups in total. The first kappa shape index (κ1) is 14.3. The fourth-order valence-corrected chi connectivity index (χ4v) is 3.02. The van der Waals surface area contributed by atoms with Crippen molar-refractivity contribution < 1.29 is 0 Å². The average molecular weight is 301 g/mol. The van der Waals surface area contributed by atoms with Gasteiger partial charge in [0.15, 0.2) is 0 Å². The van der Waals surface area contributed by atoms with Crippen molar-refractivity contribution in [1.82, 2.24) is 14.8 Å². The van der Waals surface area contributed by atoms with E-state index in [1.165, 1.54) is 0 Å². The van der Waals surface area contributed by atoms with Gasteiger partial charge >= 0.3 is 0 Å². The highest BCUT2D eigenvalue weighted by atomic mass is 35.5. The minimum absolute atomic E-state index is 0.270. The maximum atomic E-state index is 9.66. The Bertz CT molecular complexity index is 686. The molecule has 0 radical (unpaired) electrons. The van der Waals surface area contributed by atoms with E-state index < -0.39 is 0 Å². The number of aromatic nitrogens is 1. The summed E-state index contributed by atoms with van der Waals surface area (Å²) < 4.78 is 0. The maximum absolute atomic E-state index is 9.66. The number of nitrogens with zero attached hydrogens (tertiary/aromatic N) is 4. The molecule has 1 aromatic heterocycles. The molecule has 0 bridgehead atoms. The molecule has 1 saturated heterocycles. The van der Waals surface area contributed by atoms with Crippen LogP contribution in [0.3, 0.4) is 0 Å². The molecule has 0 saturated carbocycles. The van der Waals surface area contributed by atoms with Gasteiger partial charge in [-0.25, -0.2) is 0 Å². The molecule has 4 nitrogen and oxygen atoms in total. The van der Waals surface area contributed by atoms with Gasteiger partial charge in [-0.15, -0.1) is 0 Å². The molecule has 0 spiro atoms. The second-order valence-corrected chi connectivity index (χ2v) is 5.81. The summed E-state index contributed by atoms with van der Waals surface area (Å²) in [5.74, 6) is 0. The Labute approximate surface area is 129 Å². The van der Waals surface area contributed by atoms with Crippen LogP contribution in [-0.2, 0) is 0 Å². The minimum Gasteiger partial charge on any atom is -0.304 e. The molecule has 5 heteroatoms. The van der Waals surface area contributed by atoms with Gasteiger partial charge in [0.2, 0.25) is 0 Å². The van der Waals surface area contributed by atoms with Crippen LogP contribution in [0.2, 0.25) is 5.02 Å². The summed E-state index contributed by atoms with van der Waals surface area (Å²) in [4.78, 5) is 8.95. The lowest BCUT2D eigenvalue weighted by molar-refractivity contribution is 0.133. The van der Waals surface area contributed by atoms with Crippen molar-refractivity contribution >= 4 is 22.5 Å². The largest absolute Gasteiger partial charge is 0.304 e. The Balaban J connectivity index is 2.02. The summed E-state index contributed by atoms with van der Waals surface area (Å²) in [5, 5.41) is 11.2. The molecule has 3 rings (SSSR count). The summed E-state index contributed by atoms with van der Waals surface area (Å²) in [7, 11) is 2.11. The van der Waals surface area contributed by atoms with Crippen molar-refractivity contribution in [2.45, 2.75) is 6.04 Å². The van der Waals surface area contributed by atoms with Crippen molar-refractivity contribution in [1.29, 1.82) is 5.26 Å².